The van der Waals surface area contributed by atoms with Gasteiger partial charge in [0, 0.05) is 50.7 Å². The third-order valence-electron chi connectivity index (χ3n) is 4.85. The predicted molar refractivity (Wildman–Crippen MR) is 90.9 cm³/mol. The van der Waals surface area contributed by atoms with E-state index in [0.29, 0.717) is 6.04 Å². The molecule has 2 fully saturated rings. The highest BCUT2D eigenvalue weighted by atomic mass is 32.1. The van der Waals surface area contributed by atoms with Crippen LogP contribution in [0.3, 0.4) is 0 Å². The number of rotatable bonds is 4. The van der Waals surface area contributed by atoms with E-state index in [0.717, 1.165) is 24.9 Å². The van der Waals surface area contributed by atoms with Crippen LogP contribution in [0.1, 0.15) is 31.2 Å². The summed E-state index contributed by atoms with van der Waals surface area (Å²) in [6.07, 6.45) is 1.39. The van der Waals surface area contributed by atoms with Crippen LogP contribution in [0.2, 0.25) is 0 Å². The average Bonchev–Trinajstić information content (AvgIpc) is 2.98. The van der Waals surface area contributed by atoms with E-state index in [1.54, 1.807) is 4.88 Å². The Kier molecular flexibility index (Phi) is 5.33. The van der Waals surface area contributed by atoms with E-state index in [9.17, 15) is 0 Å². The van der Waals surface area contributed by atoms with Crippen LogP contribution in [0.4, 0.5) is 0 Å². The molecule has 3 heterocycles. The van der Waals surface area contributed by atoms with Crippen molar-refractivity contribution in [3.8, 4) is 0 Å². The monoisotopic (exact) mass is 307 g/mol. The molecule has 1 N–H and O–H groups in total. The fourth-order valence-corrected chi connectivity index (χ4v) is 4.82. The highest BCUT2D eigenvalue weighted by Crippen LogP contribution is 2.32. The highest BCUT2D eigenvalue weighted by molar-refractivity contribution is 7.10. The molecule has 21 heavy (non-hydrogen) atoms. The normalized spacial score (nSPS) is 30.4. The van der Waals surface area contributed by atoms with Gasteiger partial charge in [0.25, 0.3) is 0 Å². The number of hydrogen-bond donors (Lipinski definition) is 1. The molecule has 0 aromatic carbocycles. The molecular formula is C17H29N3S. The Labute approximate surface area is 133 Å². The summed E-state index contributed by atoms with van der Waals surface area (Å²) in [6.45, 7) is 13.2. The van der Waals surface area contributed by atoms with Crippen molar-refractivity contribution in [2.24, 2.45) is 11.8 Å². The number of nitrogens with one attached hydrogen (secondary N) is 1. The van der Waals surface area contributed by atoms with Gasteiger partial charge in [0.1, 0.15) is 0 Å². The van der Waals surface area contributed by atoms with E-state index in [1.807, 2.05) is 11.3 Å². The van der Waals surface area contributed by atoms with Gasteiger partial charge in [0.05, 0.1) is 6.04 Å². The second-order valence-corrected chi connectivity index (χ2v) is 7.96. The molecule has 2 saturated heterocycles. The molecule has 2 aliphatic rings. The fraction of sp³-hybridized carbons (Fsp3) is 0.765. The third-order valence-corrected chi connectivity index (χ3v) is 5.82. The summed E-state index contributed by atoms with van der Waals surface area (Å²) in [7, 11) is 0. The number of hydrogen-bond acceptors (Lipinski definition) is 4. The second-order valence-electron chi connectivity index (χ2n) is 6.98. The van der Waals surface area contributed by atoms with Gasteiger partial charge < -0.3 is 5.32 Å². The van der Waals surface area contributed by atoms with Crippen molar-refractivity contribution in [3.05, 3.63) is 22.4 Å². The van der Waals surface area contributed by atoms with Crippen molar-refractivity contribution in [1.82, 2.24) is 15.1 Å². The van der Waals surface area contributed by atoms with Crippen molar-refractivity contribution in [2.45, 2.75) is 26.3 Å². The van der Waals surface area contributed by atoms with E-state index < -0.39 is 0 Å². The second kappa shape index (κ2) is 7.23. The van der Waals surface area contributed by atoms with Gasteiger partial charge in [-0.3, -0.25) is 9.80 Å². The van der Waals surface area contributed by atoms with Crippen molar-refractivity contribution >= 4 is 11.3 Å². The third kappa shape index (κ3) is 4.07. The molecule has 1 aromatic heterocycles. The number of thiophene rings is 1. The van der Waals surface area contributed by atoms with Crippen LogP contribution in [0, 0.1) is 11.8 Å². The molecule has 0 saturated carbocycles. The van der Waals surface area contributed by atoms with E-state index in [-0.39, 0.29) is 0 Å². The molecular weight excluding hydrogens is 278 g/mol. The molecule has 3 nitrogen and oxygen atoms in total. The molecule has 3 unspecified atom stereocenters. The molecule has 0 spiro atoms. The number of nitrogens with zero attached hydrogens (tertiary/aromatic N) is 2. The quantitative estimate of drug-likeness (QED) is 0.922. The van der Waals surface area contributed by atoms with Crippen molar-refractivity contribution in [1.29, 1.82) is 0 Å². The average molecular weight is 308 g/mol. The lowest BCUT2D eigenvalue weighted by atomic mass is 9.90. The van der Waals surface area contributed by atoms with Gasteiger partial charge >= 0.3 is 0 Å². The smallest absolute Gasteiger partial charge is 0.0569 e. The van der Waals surface area contributed by atoms with Crippen LogP contribution >= 0.6 is 11.3 Å². The zero-order chi connectivity index (χ0) is 14.7. The molecule has 118 valence electrons. The minimum absolute atomic E-state index is 0.591. The minimum Gasteiger partial charge on any atom is -0.314 e. The maximum absolute atomic E-state index is 3.46. The lowest BCUT2D eigenvalue weighted by Gasteiger charge is -2.42. The van der Waals surface area contributed by atoms with Crippen LogP contribution in [0.5, 0.6) is 0 Å². The summed E-state index contributed by atoms with van der Waals surface area (Å²) in [4.78, 5) is 6.95. The van der Waals surface area contributed by atoms with E-state index in [2.05, 4.69) is 46.5 Å². The molecule has 0 aliphatic carbocycles. The van der Waals surface area contributed by atoms with Gasteiger partial charge in [0.2, 0.25) is 0 Å². The zero-order valence-corrected chi connectivity index (χ0v) is 14.2. The zero-order valence-electron chi connectivity index (χ0n) is 13.4. The summed E-state index contributed by atoms with van der Waals surface area (Å²) in [5, 5.41) is 5.70. The maximum Gasteiger partial charge on any atom is 0.0569 e. The van der Waals surface area contributed by atoms with Gasteiger partial charge in [0.15, 0.2) is 0 Å². The first-order valence-electron chi connectivity index (χ1n) is 8.43. The molecule has 3 rings (SSSR count). The first-order valence-corrected chi connectivity index (χ1v) is 9.31. The van der Waals surface area contributed by atoms with E-state index in [4.69, 9.17) is 0 Å². The lowest BCUT2D eigenvalue weighted by Crippen LogP contribution is -2.49. The first-order chi connectivity index (χ1) is 10.2. The summed E-state index contributed by atoms with van der Waals surface area (Å²) in [5.74, 6) is 1.67. The van der Waals surface area contributed by atoms with Gasteiger partial charge in [-0.15, -0.1) is 11.3 Å². The van der Waals surface area contributed by atoms with Crippen LogP contribution < -0.4 is 5.32 Å². The van der Waals surface area contributed by atoms with E-state index in [1.165, 1.54) is 39.1 Å². The molecule has 1 aromatic rings. The molecule has 2 aliphatic heterocycles. The Hall–Kier alpha value is -0.420. The summed E-state index contributed by atoms with van der Waals surface area (Å²) in [6, 6.07) is 5.14. The highest BCUT2D eigenvalue weighted by Gasteiger charge is 2.30. The number of likely N-dealkylation sites (tertiary alicyclic amines) is 1. The van der Waals surface area contributed by atoms with Gasteiger partial charge in [-0.2, -0.15) is 0 Å². The number of piperidine rings is 1. The predicted octanol–water partition coefficient (Wildman–Crippen LogP) is 2.67. The summed E-state index contributed by atoms with van der Waals surface area (Å²) >= 11 is 1.93. The Morgan fingerprint density at radius 3 is 2.57 bits per heavy atom. The molecule has 4 heteroatoms. The van der Waals surface area contributed by atoms with Crippen LogP contribution in [-0.2, 0) is 0 Å². The Balaban J connectivity index is 1.72. The topological polar surface area (TPSA) is 18.5 Å². The molecule has 0 bridgehead atoms. The minimum atomic E-state index is 0.591. The largest absolute Gasteiger partial charge is 0.314 e. The Morgan fingerprint density at radius 1 is 1.24 bits per heavy atom. The van der Waals surface area contributed by atoms with Crippen molar-refractivity contribution in [3.63, 3.8) is 0 Å². The van der Waals surface area contributed by atoms with Gasteiger partial charge in [-0.1, -0.05) is 19.9 Å². The lowest BCUT2D eigenvalue weighted by molar-refractivity contribution is 0.0694. The fourth-order valence-electron chi connectivity index (χ4n) is 3.97. The van der Waals surface area contributed by atoms with Crippen LogP contribution in [0.25, 0.3) is 0 Å². The molecule has 3 atom stereocenters. The Morgan fingerprint density at radius 2 is 1.95 bits per heavy atom. The van der Waals surface area contributed by atoms with Crippen LogP contribution in [-0.4, -0.2) is 55.6 Å². The molecule has 0 amide bonds. The summed E-state index contributed by atoms with van der Waals surface area (Å²) in [5.41, 5.74) is 0. The molecule has 0 radical (unpaired) electrons. The van der Waals surface area contributed by atoms with Gasteiger partial charge in [-0.25, -0.2) is 0 Å². The SMILES string of the molecule is CC1CC(C)CN(C(CN2CCNCC2)c2cccs2)C1. The first kappa shape index (κ1) is 15.5. The maximum atomic E-state index is 3.46. The van der Waals surface area contributed by atoms with Gasteiger partial charge in [-0.05, 0) is 29.7 Å². The standard InChI is InChI=1S/C17H29N3S/c1-14-10-15(2)12-20(11-14)16(17-4-3-9-21-17)13-19-7-5-18-6-8-19/h3-4,9,14-16,18H,5-8,10-13H2,1-2H3. The van der Waals surface area contributed by atoms with Crippen LogP contribution in [0.15, 0.2) is 17.5 Å². The summed E-state index contributed by atoms with van der Waals surface area (Å²) < 4.78 is 0. The number of piperazine rings is 1. The Bertz CT molecular complexity index is 404. The van der Waals surface area contributed by atoms with E-state index >= 15 is 0 Å². The van der Waals surface area contributed by atoms with Crippen molar-refractivity contribution in [2.75, 3.05) is 45.8 Å². The van der Waals surface area contributed by atoms with Crippen molar-refractivity contribution < 1.29 is 0 Å².